The minimum absolute atomic E-state index is 0.0124. The van der Waals surface area contributed by atoms with Crippen LogP contribution in [0.2, 0.25) is 0 Å². The van der Waals surface area contributed by atoms with Gasteiger partial charge in [0.15, 0.2) is 0 Å². The molecule has 1 aromatic rings. The zero-order valence-corrected chi connectivity index (χ0v) is 9.54. The maximum absolute atomic E-state index is 11.8. The van der Waals surface area contributed by atoms with E-state index in [2.05, 4.69) is 10.4 Å². The molecule has 0 radical (unpaired) electrons. The number of carbonyl (C=O) groups excluding carboxylic acids is 1. The monoisotopic (exact) mass is 237 g/mol. The van der Waals surface area contributed by atoms with Gasteiger partial charge in [0, 0.05) is 18.4 Å². The first-order valence-corrected chi connectivity index (χ1v) is 5.60. The summed E-state index contributed by atoms with van der Waals surface area (Å²) in [7, 11) is 0. The van der Waals surface area contributed by atoms with Gasteiger partial charge in [-0.3, -0.25) is 14.3 Å². The molecule has 92 valence electrons. The molecule has 0 spiro atoms. The van der Waals surface area contributed by atoms with Crippen molar-refractivity contribution in [2.45, 2.75) is 31.8 Å². The van der Waals surface area contributed by atoms with Crippen LogP contribution in [0, 0.1) is 5.92 Å². The highest BCUT2D eigenvalue weighted by atomic mass is 16.4. The van der Waals surface area contributed by atoms with Crippen LogP contribution >= 0.6 is 0 Å². The summed E-state index contributed by atoms with van der Waals surface area (Å²) in [6, 6.07) is 1.38. The van der Waals surface area contributed by atoms with E-state index in [0.29, 0.717) is 12.8 Å². The van der Waals surface area contributed by atoms with Gasteiger partial charge >= 0.3 is 5.97 Å². The number of nitrogens with one attached hydrogen (secondary N) is 1. The summed E-state index contributed by atoms with van der Waals surface area (Å²) in [6.07, 6.45) is 4.39. The van der Waals surface area contributed by atoms with Crippen molar-refractivity contribution in [3.8, 4) is 0 Å². The summed E-state index contributed by atoms with van der Waals surface area (Å²) in [4.78, 5) is 22.4. The van der Waals surface area contributed by atoms with E-state index < -0.39 is 5.97 Å². The van der Waals surface area contributed by atoms with E-state index in [1.807, 2.05) is 0 Å². The third-order valence-corrected chi connectivity index (χ3v) is 3.13. The van der Waals surface area contributed by atoms with Gasteiger partial charge in [-0.1, -0.05) is 0 Å². The maximum Gasteiger partial charge on any atom is 0.306 e. The molecular weight excluding hydrogens is 222 g/mol. The minimum atomic E-state index is -0.782. The van der Waals surface area contributed by atoms with Crippen LogP contribution in [-0.2, 0) is 9.59 Å². The van der Waals surface area contributed by atoms with Crippen LogP contribution in [0.15, 0.2) is 18.5 Å². The van der Waals surface area contributed by atoms with Crippen LogP contribution in [0.3, 0.4) is 0 Å². The van der Waals surface area contributed by atoms with Gasteiger partial charge in [0.25, 0.3) is 0 Å². The zero-order valence-electron chi connectivity index (χ0n) is 9.54. The number of hydrogen-bond donors (Lipinski definition) is 2. The second kappa shape index (κ2) is 4.57. The highest BCUT2D eigenvalue weighted by Gasteiger charge is 2.35. The molecule has 0 bridgehead atoms. The maximum atomic E-state index is 11.8. The van der Waals surface area contributed by atoms with Crippen molar-refractivity contribution in [2.24, 2.45) is 5.92 Å². The number of amides is 1. The van der Waals surface area contributed by atoms with Crippen molar-refractivity contribution in [3.05, 3.63) is 18.5 Å². The Hall–Kier alpha value is -1.85. The normalized spacial score (nSPS) is 24.8. The lowest BCUT2D eigenvalue weighted by Gasteiger charge is -2.33. The minimum Gasteiger partial charge on any atom is -0.481 e. The highest BCUT2D eigenvalue weighted by molar-refractivity contribution is 5.80. The number of aromatic nitrogens is 2. The van der Waals surface area contributed by atoms with E-state index in [0.717, 1.165) is 0 Å². The van der Waals surface area contributed by atoms with Crippen molar-refractivity contribution in [1.82, 2.24) is 15.1 Å². The lowest BCUT2D eigenvalue weighted by molar-refractivity contribution is -0.146. The van der Waals surface area contributed by atoms with Crippen molar-refractivity contribution >= 4 is 11.9 Å². The van der Waals surface area contributed by atoms with Crippen LogP contribution in [0.25, 0.3) is 0 Å². The molecule has 6 nitrogen and oxygen atoms in total. The van der Waals surface area contributed by atoms with Crippen molar-refractivity contribution in [3.63, 3.8) is 0 Å². The van der Waals surface area contributed by atoms with E-state index in [9.17, 15) is 9.59 Å². The Labute approximate surface area is 98.6 Å². The molecule has 0 unspecified atom stereocenters. The molecule has 1 aliphatic rings. The van der Waals surface area contributed by atoms with Gasteiger partial charge in [-0.2, -0.15) is 5.10 Å². The Morgan fingerprint density at radius 1 is 1.53 bits per heavy atom. The van der Waals surface area contributed by atoms with Crippen LogP contribution in [0.4, 0.5) is 0 Å². The van der Waals surface area contributed by atoms with E-state index >= 15 is 0 Å². The van der Waals surface area contributed by atoms with Crippen molar-refractivity contribution < 1.29 is 14.7 Å². The van der Waals surface area contributed by atoms with Crippen LogP contribution in [-0.4, -0.2) is 32.8 Å². The second-order valence-electron chi connectivity index (χ2n) is 4.37. The summed E-state index contributed by atoms with van der Waals surface area (Å²) in [5.74, 6) is -1.21. The molecule has 6 heteroatoms. The lowest BCUT2D eigenvalue weighted by atomic mass is 9.80. The molecule has 1 saturated carbocycles. The topological polar surface area (TPSA) is 84.2 Å². The first-order chi connectivity index (χ1) is 8.08. The fourth-order valence-electron chi connectivity index (χ4n) is 1.89. The van der Waals surface area contributed by atoms with Gasteiger partial charge in [0.1, 0.15) is 6.04 Å². The van der Waals surface area contributed by atoms with Crippen LogP contribution < -0.4 is 5.32 Å². The molecule has 0 aromatic carbocycles. The number of carbonyl (C=O) groups is 2. The van der Waals surface area contributed by atoms with Gasteiger partial charge in [-0.15, -0.1) is 0 Å². The Balaban J connectivity index is 1.81. The van der Waals surface area contributed by atoms with Gasteiger partial charge in [0.05, 0.1) is 5.92 Å². The number of rotatable bonds is 4. The average Bonchev–Trinajstić information content (AvgIpc) is 2.73. The second-order valence-corrected chi connectivity index (χ2v) is 4.37. The number of carboxylic acid groups (broad SMARTS) is 1. The molecule has 1 aromatic heterocycles. The Morgan fingerprint density at radius 2 is 2.24 bits per heavy atom. The number of hydrogen-bond acceptors (Lipinski definition) is 3. The third kappa shape index (κ3) is 2.46. The Morgan fingerprint density at radius 3 is 2.76 bits per heavy atom. The molecule has 0 saturated heterocycles. The molecule has 1 aliphatic carbocycles. The van der Waals surface area contributed by atoms with Gasteiger partial charge in [0.2, 0.25) is 5.91 Å². The quantitative estimate of drug-likeness (QED) is 0.795. The standard InChI is InChI=1S/C11H15N3O3/c1-7(14-4-2-3-12-14)10(15)13-9-5-8(6-9)11(16)17/h2-4,7-9H,5-6H2,1H3,(H,13,15)(H,16,17)/t7-,8?,9?/m0/s1. The van der Waals surface area contributed by atoms with E-state index in [-0.39, 0.29) is 23.9 Å². The SMILES string of the molecule is C[C@@H](C(=O)NC1CC(C(=O)O)C1)n1cccn1. The highest BCUT2D eigenvalue weighted by Crippen LogP contribution is 2.27. The molecule has 0 aliphatic heterocycles. The molecule has 1 amide bonds. The number of carboxylic acids is 1. The summed E-state index contributed by atoms with van der Waals surface area (Å²) < 4.78 is 1.57. The first kappa shape index (κ1) is 11.6. The summed E-state index contributed by atoms with van der Waals surface area (Å²) in [5, 5.41) is 15.5. The summed E-state index contributed by atoms with van der Waals surface area (Å²) >= 11 is 0. The zero-order chi connectivity index (χ0) is 12.4. The average molecular weight is 237 g/mol. The Kier molecular flexibility index (Phi) is 3.12. The predicted octanol–water partition coefficient (Wildman–Crippen LogP) is 0.423. The predicted molar refractivity (Wildman–Crippen MR) is 59.2 cm³/mol. The number of aliphatic carboxylic acids is 1. The third-order valence-electron chi connectivity index (χ3n) is 3.13. The van der Waals surface area contributed by atoms with E-state index in [4.69, 9.17) is 5.11 Å². The van der Waals surface area contributed by atoms with Crippen LogP contribution in [0.1, 0.15) is 25.8 Å². The van der Waals surface area contributed by atoms with Gasteiger partial charge in [-0.05, 0) is 25.8 Å². The van der Waals surface area contributed by atoms with Crippen molar-refractivity contribution in [2.75, 3.05) is 0 Å². The lowest BCUT2D eigenvalue weighted by Crippen LogP contribution is -2.48. The van der Waals surface area contributed by atoms with Gasteiger partial charge in [-0.25, -0.2) is 0 Å². The fraction of sp³-hybridized carbons (Fsp3) is 0.545. The molecule has 1 heterocycles. The van der Waals surface area contributed by atoms with Crippen molar-refractivity contribution in [1.29, 1.82) is 0 Å². The molecule has 1 atom stereocenters. The fourth-order valence-corrected chi connectivity index (χ4v) is 1.89. The largest absolute Gasteiger partial charge is 0.481 e. The first-order valence-electron chi connectivity index (χ1n) is 5.60. The molecule has 2 rings (SSSR count). The van der Waals surface area contributed by atoms with E-state index in [1.54, 1.807) is 30.1 Å². The summed E-state index contributed by atoms with van der Waals surface area (Å²) in [5.41, 5.74) is 0. The molecular formula is C11H15N3O3. The number of nitrogens with zero attached hydrogens (tertiary/aromatic N) is 2. The van der Waals surface area contributed by atoms with Crippen LogP contribution in [0.5, 0.6) is 0 Å². The van der Waals surface area contributed by atoms with Gasteiger partial charge < -0.3 is 10.4 Å². The molecule has 2 N–H and O–H groups in total. The molecule has 17 heavy (non-hydrogen) atoms. The summed E-state index contributed by atoms with van der Waals surface area (Å²) in [6.45, 7) is 1.76. The molecule has 1 fully saturated rings. The smallest absolute Gasteiger partial charge is 0.306 e. The Bertz CT molecular complexity index is 410. The van der Waals surface area contributed by atoms with E-state index in [1.165, 1.54) is 0 Å².